The highest BCUT2D eigenvalue weighted by Crippen LogP contribution is 2.26. The molecule has 3 unspecified atom stereocenters. The molecule has 0 bridgehead atoms. The molecule has 2 N–H and O–H groups in total. The van der Waals surface area contributed by atoms with Crippen LogP contribution in [0.2, 0.25) is 0 Å². The smallest absolute Gasteiger partial charge is 0.0224 e. The number of hydrogen-bond acceptors (Lipinski definition) is 2. The summed E-state index contributed by atoms with van der Waals surface area (Å²) in [6.07, 6.45) is 4.99. The summed E-state index contributed by atoms with van der Waals surface area (Å²) in [5.74, 6) is 0. The van der Waals surface area contributed by atoms with Crippen molar-refractivity contribution in [2.24, 2.45) is 5.73 Å². The Balaban J connectivity index is 2.04. The lowest BCUT2D eigenvalue weighted by molar-refractivity contribution is 0.0576. The van der Waals surface area contributed by atoms with Crippen LogP contribution in [0.5, 0.6) is 0 Å². The minimum Gasteiger partial charge on any atom is -0.329 e. The van der Waals surface area contributed by atoms with Crippen LogP contribution in [-0.4, -0.2) is 29.6 Å². The third-order valence-electron chi connectivity index (χ3n) is 4.32. The fraction of sp³-hybridized carbons (Fsp3) is 0.625. The molecule has 0 radical (unpaired) electrons. The average molecular weight is 325 g/mol. The first-order valence-electron chi connectivity index (χ1n) is 7.33. The molecular weight excluding hydrogens is 300 g/mol. The molecule has 1 aliphatic heterocycles. The summed E-state index contributed by atoms with van der Waals surface area (Å²) in [6.45, 7) is 5.47. The Hall–Kier alpha value is -0.380. The molecule has 1 heterocycles. The van der Waals surface area contributed by atoms with Crippen molar-refractivity contribution in [1.29, 1.82) is 0 Å². The van der Waals surface area contributed by atoms with Crippen molar-refractivity contribution in [2.75, 3.05) is 6.54 Å². The van der Waals surface area contributed by atoms with Gasteiger partial charge in [-0.15, -0.1) is 0 Å². The van der Waals surface area contributed by atoms with Gasteiger partial charge in [0.05, 0.1) is 0 Å². The predicted octanol–water partition coefficient (Wildman–Crippen LogP) is 3.58. The van der Waals surface area contributed by atoms with Crippen LogP contribution >= 0.6 is 15.9 Å². The van der Waals surface area contributed by atoms with Crippen LogP contribution < -0.4 is 5.73 Å². The lowest BCUT2D eigenvalue weighted by atomic mass is 9.92. The number of nitrogens with two attached hydrogens (primary N) is 1. The van der Waals surface area contributed by atoms with Gasteiger partial charge in [0.15, 0.2) is 0 Å². The molecular formula is C16H25BrN2. The molecule has 106 valence electrons. The zero-order valence-electron chi connectivity index (χ0n) is 12.0. The average Bonchev–Trinajstić information content (AvgIpc) is 2.40. The second kappa shape index (κ2) is 6.87. The highest BCUT2D eigenvalue weighted by Gasteiger charge is 2.30. The van der Waals surface area contributed by atoms with E-state index < -0.39 is 0 Å². The number of likely N-dealkylation sites (tertiary alicyclic amines) is 1. The largest absolute Gasteiger partial charge is 0.329 e. The Kier molecular flexibility index (Phi) is 5.43. The number of piperidine rings is 1. The van der Waals surface area contributed by atoms with Gasteiger partial charge in [0.1, 0.15) is 0 Å². The van der Waals surface area contributed by atoms with Crippen molar-refractivity contribution in [3.63, 3.8) is 0 Å². The summed E-state index contributed by atoms with van der Waals surface area (Å²) in [5.41, 5.74) is 7.37. The van der Waals surface area contributed by atoms with Gasteiger partial charge in [-0.25, -0.2) is 0 Å². The number of rotatable bonds is 4. The monoisotopic (exact) mass is 324 g/mol. The second-order valence-corrected chi connectivity index (χ2v) is 6.71. The summed E-state index contributed by atoms with van der Waals surface area (Å²) >= 11 is 3.49. The maximum atomic E-state index is 5.96. The van der Waals surface area contributed by atoms with Gasteiger partial charge in [-0.1, -0.05) is 34.5 Å². The normalized spacial score (nSPS) is 26.3. The molecule has 0 aliphatic carbocycles. The van der Waals surface area contributed by atoms with E-state index in [1.54, 1.807) is 0 Å². The van der Waals surface area contributed by atoms with Gasteiger partial charge in [0, 0.05) is 29.1 Å². The minimum absolute atomic E-state index is 0.560. The molecule has 0 saturated carbocycles. The third kappa shape index (κ3) is 3.80. The number of benzene rings is 1. The van der Waals surface area contributed by atoms with E-state index in [1.165, 1.54) is 24.8 Å². The molecule has 19 heavy (non-hydrogen) atoms. The lowest BCUT2D eigenvalue weighted by Gasteiger charge is -2.44. The SMILES string of the molecule is CC1CCCC(CN)N1C(C)Cc1ccc(Br)cc1. The van der Waals surface area contributed by atoms with Gasteiger partial charge in [0.25, 0.3) is 0 Å². The Morgan fingerprint density at radius 3 is 2.63 bits per heavy atom. The third-order valence-corrected chi connectivity index (χ3v) is 4.84. The van der Waals surface area contributed by atoms with Gasteiger partial charge in [-0.2, -0.15) is 0 Å². The van der Waals surface area contributed by atoms with Crippen LogP contribution in [0.1, 0.15) is 38.7 Å². The first kappa shape index (κ1) is 15.0. The highest BCUT2D eigenvalue weighted by molar-refractivity contribution is 9.10. The predicted molar refractivity (Wildman–Crippen MR) is 85.3 cm³/mol. The Labute approximate surface area is 125 Å². The Morgan fingerprint density at radius 1 is 1.32 bits per heavy atom. The lowest BCUT2D eigenvalue weighted by Crippen LogP contribution is -2.53. The molecule has 1 fully saturated rings. The van der Waals surface area contributed by atoms with Crippen molar-refractivity contribution >= 4 is 15.9 Å². The standard InChI is InChI=1S/C16H25BrN2/c1-12-4-3-5-16(11-18)19(12)13(2)10-14-6-8-15(17)9-7-14/h6-9,12-13,16H,3-5,10-11,18H2,1-2H3. The first-order valence-corrected chi connectivity index (χ1v) is 8.13. The molecule has 2 rings (SSSR count). The van der Waals surface area contributed by atoms with Crippen molar-refractivity contribution in [3.8, 4) is 0 Å². The van der Waals surface area contributed by atoms with Gasteiger partial charge in [-0.05, 0) is 50.8 Å². The molecule has 1 aliphatic rings. The Bertz CT molecular complexity index is 390. The zero-order chi connectivity index (χ0) is 13.8. The number of hydrogen-bond donors (Lipinski definition) is 1. The van der Waals surface area contributed by atoms with Crippen LogP contribution in [0.25, 0.3) is 0 Å². The van der Waals surface area contributed by atoms with E-state index in [2.05, 4.69) is 58.9 Å². The Morgan fingerprint density at radius 2 is 2.00 bits per heavy atom. The summed E-state index contributed by atoms with van der Waals surface area (Å²) in [7, 11) is 0. The maximum absolute atomic E-state index is 5.96. The molecule has 0 spiro atoms. The maximum Gasteiger partial charge on any atom is 0.0224 e. The zero-order valence-corrected chi connectivity index (χ0v) is 13.6. The van der Waals surface area contributed by atoms with E-state index >= 15 is 0 Å². The van der Waals surface area contributed by atoms with Crippen LogP contribution in [0.4, 0.5) is 0 Å². The van der Waals surface area contributed by atoms with Gasteiger partial charge in [-0.3, -0.25) is 4.90 Å². The van der Waals surface area contributed by atoms with Gasteiger partial charge >= 0.3 is 0 Å². The van der Waals surface area contributed by atoms with Crippen molar-refractivity contribution in [2.45, 2.75) is 57.7 Å². The van der Waals surface area contributed by atoms with Crippen LogP contribution in [0, 0.1) is 0 Å². The van der Waals surface area contributed by atoms with E-state index in [0.29, 0.717) is 18.1 Å². The number of nitrogens with zero attached hydrogens (tertiary/aromatic N) is 1. The fourth-order valence-corrected chi connectivity index (χ4v) is 3.67. The molecule has 3 heteroatoms. The first-order chi connectivity index (χ1) is 9.11. The van der Waals surface area contributed by atoms with E-state index in [4.69, 9.17) is 5.73 Å². The van der Waals surface area contributed by atoms with Crippen molar-refractivity contribution < 1.29 is 0 Å². The van der Waals surface area contributed by atoms with Crippen LogP contribution in [0.3, 0.4) is 0 Å². The topological polar surface area (TPSA) is 29.3 Å². The van der Waals surface area contributed by atoms with Crippen LogP contribution in [-0.2, 0) is 6.42 Å². The van der Waals surface area contributed by atoms with Crippen LogP contribution in [0.15, 0.2) is 28.7 Å². The van der Waals surface area contributed by atoms with E-state index in [0.717, 1.165) is 17.4 Å². The minimum atomic E-state index is 0.560. The summed E-state index contributed by atoms with van der Waals surface area (Å²) in [6, 6.07) is 10.5. The van der Waals surface area contributed by atoms with Gasteiger partial charge in [0.2, 0.25) is 0 Å². The quantitative estimate of drug-likeness (QED) is 0.917. The van der Waals surface area contributed by atoms with E-state index in [1.807, 2.05) is 0 Å². The molecule has 0 aromatic heterocycles. The highest BCUT2D eigenvalue weighted by atomic mass is 79.9. The molecule has 1 aromatic carbocycles. The molecule has 3 atom stereocenters. The number of halogens is 1. The summed E-state index contributed by atoms with van der Waals surface area (Å²) < 4.78 is 1.15. The summed E-state index contributed by atoms with van der Waals surface area (Å²) in [5, 5.41) is 0. The molecule has 0 amide bonds. The van der Waals surface area contributed by atoms with E-state index in [-0.39, 0.29) is 0 Å². The molecule has 2 nitrogen and oxygen atoms in total. The van der Waals surface area contributed by atoms with Crippen molar-refractivity contribution in [1.82, 2.24) is 4.90 Å². The summed E-state index contributed by atoms with van der Waals surface area (Å²) in [4.78, 5) is 2.64. The van der Waals surface area contributed by atoms with E-state index in [9.17, 15) is 0 Å². The molecule has 1 saturated heterocycles. The second-order valence-electron chi connectivity index (χ2n) is 5.80. The van der Waals surface area contributed by atoms with Gasteiger partial charge < -0.3 is 5.73 Å². The fourth-order valence-electron chi connectivity index (χ4n) is 3.41. The van der Waals surface area contributed by atoms with Crippen molar-refractivity contribution in [3.05, 3.63) is 34.3 Å². The molecule has 1 aromatic rings.